The Morgan fingerprint density at radius 1 is 1.43 bits per heavy atom. The number of likely N-dealkylation sites (N-methyl/N-ethyl adjacent to an activating group) is 1. The van der Waals surface area contributed by atoms with Gasteiger partial charge in [-0.2, -0.15) is 0 Å². The van der Waals surface area contributed by atoms with E-state index < -0.39 is 10.5 Å². The summed E-state index contributed by atoms with van der Waals surface area (Å²) in [4.78, 5) is 24.3. The molecule has 1 aliphatic rings. The van der Waals surface area contributed by atoms with Crippen LogP contribution in [0, 0.1) is 16.0 Å². The summed E-state index contributed by atoms with van der Waals surface area (Å²) in [5, 5.41) is 10.7. The molecule has 0 bridgehead atoms. The van der Waals surface area contributed by atoms with E-state index in [-0.39, 0.29) is 11.6 Å². The maximum atomic E-state index is 12.7. The van der Waals surface area contributed by atoms with E-state index in [9.17, 15) is 14.9 Å². The maximum Gasteiger partial charge on any atom is 0.269 e. The molecule has 6 nitrogen and oxygen atoms in total. The van der Waals surface area contributed by atoms with Gasteiger partial charge in [0.05, 0.1) is 10.5 Å². The molecule has 2 rings (SSSR count). The van der Waals surface area contributed by atoms with Gasteiger partial charge in [0, 0.05) is 24.9 Å². The van der Waals surface area contributed by atoms with Gasteiger partial charge in [-0.25, -0.2) is 0 Å². The second-order valence-corrected chi connectivity index (χ2v) is 6.00. The number of carbonyl (C=O) groups excluding carboxylic acids is 1. The van der Waals surface area contributed by atoms with E-state index in [0.717, 1.165) is 12.8 Å². The molecule has 0 saturated heterocycles. The average molecular weight is 291 g/mol. The average Bonchev–Trinajstić information content (AvgIpc) is 2.45. The summed E-state index contributed by atoms with van der Waals surface area (Å²) in [5.74, 6) is 0.320. The molecule has 2 atom stereocenters. The smallest absolute Gasteiger partial charge is 0.269 e. The number of hydrogen-bond donors (Lipinski definition) is 1. The van der Waals surface area contributed by atoms with Crippen molar-refractivity contribution < 1.29 is 9.72 Å². The Morgan fingerprint density at radius 3 is 2.57 bits per heavy atom. The number of nitrogens with two attached hydrogens (primary N) is 1. The Bertz CT molecular complexity index is 544. The highest BCUT2D eigenvalue weighted by Gasteiger charge is 2.40. The topological polar surface area (TPSA) is 89.5 Å². The Balaban J connectivity index is 2.16. The lowest BCUT2D eigenvalue weighted by Gasteiger charge is -2.38. The van der Waals surface area contributed by atoms with Crippen LogP contribution in [0.4, 0.5) is 11.4 Å². The molecule has 1 fully saturated rings. The number of rotatable bonds is 3. The first-order chi connectivity index (χ1) is 9.83. The summed E-state index contributed by atoms with van der Waals surface area (Å²) in [6.45, 7) is 2.11. The van der Waals surface area contributed by atoms with Crippen molar-refractivity contribution in [3.05, 3.63) is 34.4 Å². The molecule has 0 aromatic heterocycles. The lowest BCUT2D eigenvalue weighted by Crippen LogP contribution is -2.56. The second-order valence-electron chi connectivity index (χ2n) is 6.00. The number of nitro benzene ring substituents is 1. The number of non-ortho nitro benzene ring substituents is 1. The first-order valence-corrected chi connectivity index (χ1v) is 7.15. The molecule has 1 aromatic carbocycles. The standard InChI is InChI=1S/C15H21N3O3/c1-11-4-3-9-15(16,10-11)14(19)17(2)12-5-7-13(8-6-12)18(20)21/h5-8,11H,3-4,9-10,16H2,1-2H3. The van der Waals surface area contributed by atoms with Gasteiger partial charge in [-0.15, -0.1) is 0 Å². The van der Waals surface area contributed by atoms with Crippen molar-refractivity contribution in [2.75, 3.05) is 11.9 Å². The van der Waals surface area contributed by atoms with Crippen molar-refractivity contribution in [2.45, 2.75) is 38.1 Å². The van der Waals surface area contributed by atoms with Crippen LogP contribution in [0.25, 0.3) is 0 Å². The molecular weight excluding hydrogens is 270 g/mol. The zero-order valence-corrected chi connectivity index (χ0v) is 12.4. The van der Waals surface area contributed by atoms with Gasteiger partial charge in [0.1, 0.15) is 0 Å². The molecule has 21 heavy (non-hydrogen) atoms. The number of carbonyl (C=O) groups is 1. The number of hydrogen-bond acceptors (Lipinski definition) is 4. The fourth-order valence-corrected chi connectivity index (χ4v) is 3.04. The van der Waals surface area contributed by atoms with Gasteiger partial charge in [0.25, 0.3) is 5.69 Å². The molecule has 0 spiro atoms. The van der Waals surface area contributed by atoms with Crippen molar-refractivity contribution in [3.8, 4) is 0 Å². The molecule has 0 radical (unpaired) electrons. The van der Waals surface area contributed by atoms with Crippen LogP contribution >= 0.6 is 0 Å². The maximum absolute atomic E-state index is 12.7. The molecule has 1 aliphatic carbocycles. The minimum absolute atomic E-state index is 0.00773. The van der Waals surface area contributed by atoms with Gasteiger partial charge in [-0.3, -0.25) is 14.9 Å². The number of nitrogens with zero attached hydrogens (tertiary/aromatic N) is 2. The Labute approximate surface area is 124 Å². The third kappa shape index (κ3) is 3.21. The molecule has 2 N–H and O–H groups in total. The SMILES string of the molecule is CC1CCCC(N)(C(=O)N(C)c2ccc([N+](=O)[O-])cc2)C1. The molecule has 114 valence electrons. The molecule has 0 aliphatic heterocycles. The number of amides is 1. The fourth-order valence-electron chi connectivity index (χ4n) is 3.04. The van der Waals surface area contributed by atoms with E-state index in [1.807, 2.05) is 0 Å². The summed E-state index contributed by atoms with van der Waals surface area (Å²) in [6, 6.07) is 5.94. The summed E-state index contributed by atoms with van der Waals surface area (Å²) < 4.78 is 0. The van der Waals surface area contributed by atoms with Crippen LogP contribution in [0.1, 0.15) is 32.6 Å². The molecule has 6 heteroatoms. The third-order valence-corrected chi connectivity index (χ3v) is 4.21. The van der Waals surface area contributed by atoms with Gasteiger partial charge in [0.15, 0.2) is 0 Å². The first kappa shape index (κ1) is 15.4. The predicted octanol–water partition coefficient (Wildman–Crippen LogP) is 2.47. The highest BCUT2D eigenvalue weighted by atomic mass is 16.6. The zero-order valence-electron chi connectivity index (χ0n) is 12.4. The van der Waals surface area contributed by atoms with Gasteiger partial charge >= 0.3 is 0 Å². The largest absolute Gasteiger partial charge is 0.317 e. The molecule has 0 heterocycles. The first-order valence-electron chi connectivity index (χ1n) is 7.15. The van der Waals surface area contributed by atoms with Crippen LogP contribution in [-0.4, -0.2) is 23.4 Å². The summed E-state index contributed by atoms with van der Waals surface area (Å²) in [7, 11) is 1.66. The van der Waals surface area contributed by atoms with Crippen LogP contribution in [0.5, 0.6) is 0 Å². The molecular formula is C15H21N3O3. The Hall–Kier alpha value is -1.95. The van der Waals surface area contributed by atoms with Crippen LogP contribution in [0.2, 0.25) is 0 Å². The van der Waals surface area contributed by atoms with E-state index in [1.54, 1.807) is 19.2 Å². The summed E-state index contributed by atoms with van der Waals surface area (Å²) in [5.41, 5.74) is 6.11. The van der Waals surface area contributed by atoms with Crippen LogP contribution in [0.15, 0.2) is 24.3 Å². The number of nitro groups is 1. The monoisotopic (exact) mass is 291 g/mol. The van der Waals surface area contributed by atoms with Crippen molar-refractivity contribution in [2.24, 2.45) is 11.7 Å². The second kappa shape index (κ2) is 5.81. The van der Waals surface area contributed by atoms with E-state index in [2.05, 4.69) is 6.92 Å². The minimum Gasteiger partial charge on any atom is -0.317 e. The zero-order chi connectivity index (χ0) is 15.6. The van der Waals surface area contributed by atoms with Crippen LogP contribution in [-0.2, 0) is 4.79 Å². The van der Waals surface area contributed by atoms with Gasteiger partial charge in [-0.05, 0) is 30.9 Å². The Morgan fingerprint density at radius 2 is 2.05 bits per heavy atom. The molecule has 1 amide bonds. The van der Waals surface area contributed by atoms with E-state index >= 15 is 0 Å². The van der Waals surface area contributed by atoms with Crippen molar-refractivity contribution >= 4 is 17.3 Å². The lowest BCUT2D eigenvalue weighted by atomic mass is 9.76. The van der Waals surface area contributed by atoms with Crippen molar-refractivity contribution in [1.29, 1.82) is 0 Å². The summed E-state index contributed by atoms with van der Waals surface area (Å²) >= 11 is 0. The molecule has 1 saturated carbocycles. The van der Waals surface area contributed by atoms with Crippen LogP contribution < -0.4 is 10.6 Å². The summed E-state index contributed by atoms with van der Waals surface area (Å²) in [6.07, 6.45) is 3.43. The Kier molecular flexibility index (Phi) is 4.27. The molecule has 1 aromatic rings. The van der Waals surface area contributed by atoms with E-state index in [4.69, 9.17) is 5.73 Å². The quantitative estimate of drug-likeness (QED) is 0.684. The fraction of sp³-hybridized carbons (Fsp3) is 0.533. The third-order valence-electron chi connectivity index (χ3n) is 4.21. The minimum atomic E-state index is -0.825. The van der Waals surface area contributed by atoms with Gasteiger partial charge < -0.3 is 10.6 Å². The van der Waals surface area contributed by atoms with E-state index in [1.165, 1.54) is 17.0 Å². The lowest BCUT2D eigenvalue weighted by molar-refractivity contribution is -0.384. The van der Waals surface area contributed by atoms with Crippen LogP contribution in [0.3, 0.4) is 0 Å². The highest BCUT2D eigenvalue weighted by Crippen LogP contribution is 2.32. The van der Waals surface area contributed by atoms with Crippen molar-refractivity contribution in [1.82, 2.24) is 0 Å². The van der Waals surface area contributed by atoms with Gasteiger partial charge in [-0.1, -0.05) is 19.8 Å². The van der Waals surface area contributed by atoms with Crippen molar-refractivity contribution in [3.63, 3.8) is 0 Å². The molecule has 2 unspecified atom stereocenters. The predicted molar refractivity (Wildman–Crippen MR) is 81.1 cm³/mol. The highest BCUT2D eigenvalue weighted by molar-refractivity contribution is 5.99. The normalized spacial score (nSPS) is 25.4. The number of anilines is 1. The number of benzene rings is 1. The van der Waals surface area contributed by atoms with E-state index in [0.29, 0.717) is 24.4 Å². The van der Waals surface area contributed by atoms with Gasteiger partial charge in [0.2, 0.25) is 5.91 Å².